The van der Waals surface area contributed by atoms with Crippen LogP contribution in [0.5, 0.6) is 0 Å². The molecule has 0 unspecified atom stereocenters. The van der Waals surface area contributed by atoms with Crippen LogP contribution in [0.2, 0.25) is 0 Å². The Labute approximate surface area is 77.0 Å². The van der Waals surface area contributed by atoms with E-state index >= 15 is 0 Å². The second kappa shape index (κ2) is 2.34. The topological polar surface area (TPSA) is 28.7 Å². The number of aryl methyl sites for hydroxylation is 1. The summed E-state index contributed by atoms with van der Waals surface area (Å²) >= 11 is 0. The molecule has 0 spiro atoms. The lowest BCUT2D eigenvalue weighted by Crippen LogP contribution is -1.81. The summed E-state index contributed by atoms with van der Waals surface area (Å²) in [5.74, 6) is 0.806. The third-order valence-corrected chi connectivity index (χ3v) is 2.81. The molecular weight excluding hydrogens is 160 g/mol. The van der Waals surface area contributed by atoms with E-state index in [1.165, 1.54) is 29.5 Å². The Balaban J connectivity index is 2.36. The van der Waals surface area contributed by atoms with Crippen molar-refractivity contribution in [2.75, 3.05) is 0 Å². The summed E-state index contributed by atoms with van der Waals surface area (Å²) in [4.78, 5) is 0. The average molecular weight is 172 g/mol. The number of rotatable bonds is 1. The SMILES string of the molecule is Cc1[nH]nc2cccc(C3CC3)c12. The maximum absolute atomic E-state index is 4.26. The Kier molecular flexibility index (Phi) is 1.29. The van der Waals surface area contributed by atoms with Crippen molar-refractivity contribution in [3.05, 3.63) is 29.5 Å². The first-order valence-corrected chi connectivity index (χ1v) is 4.80. The first kappa shape index (κ1) is 7.13. The van der Waals surface area contributed by atoms with Gasteiger partial charge in [0.1, 0.15) is 0 Å². The van der Waals surface area contributed by atoms with Gasteiger partial charge in [-0.15, -0.1) is 0 Å². The van der Waals surface area contributed by atoms with E-state index in [1.807, 2.05) is 0 Å². The lowest BCUT2D eigenvalue weighted by molar-refractivity contribution is 1.07. The fraction of sp³-hybridized carbons (Fsp3) is 0.364. The number of hydrogen-bond donors (Lipinski definition) is 1. The van der Waals surface area contributed by atoms with Crippen molar-refractivity contribution < 1.29 is 0 Å². The summed E-state index contributed by atoms with van der Waals surface area (Å²) in [7, 11) is 0. The Morgan fingerprint density at radius 3 is 3.00 bits per heavy atom. The second-order valence-electron chi connectivity index (χ2n) is 3.86. The molecule has 0 saturated heterocycles. The van der Waals surface area contributed by atoms with Crippen molar-refractivity contribution in [1.29, 1.82) is 0 Å². The predicted octanol–water partition coefficient (Wildman–Crippen LogP) is 2.75. The molecule has 0 bridgehead atoms. The van der Waals surface area contributed by atoms with Gasteiger partial charge in [0.05, 0.1) is 5.52 Å². The van der Waals surface area contributed by atoms with Crippen molar-refractivity contribution in [2.24, 2.45) is 0 Å². The second-order valence-corrected chi connectivity index (χ2v) is 3.86. The number of hydrogen-bond acceptors (Lipinski definition) is 1. The van der Waals surface area contributed by atoms with E-state index in [0.717, 1.165) is 11.4 Å². The summed E-state index contributed by atoms with van der Waals surface area (Å²) < 4.78 is 0. The molecule has 13 heavy (non-hydrogen) atoms. The third-order valence-electron chi connectivity index (χ3n) is 2.81. The molecule has 0 radical (unpaired) electrons. The highest BCUT2D eigenvalue weighted by Gasteiger charge is 2.26. The van der Waals surface area contributed by atoms with E-state index in [-0.39, 0.29) is 0 Å². The van der Waals surface area contributed by atoms with Gasteiger partial charge in [0.15, 0.2) is 0 Å². The Bertz CT molecular complexity index is 452. The predicted molar refractivity (Wildman–Crippen MR) is 52.8 cm³/mol. The molecule has 2 nitrogen and oxygen atoms in total. The number of aromatic amines is 1. The molecule has 1 aliphatic carbocycles. The van der Waals surface area contributed by atoms with E-state index in [1.54, 1.807) is 0 Å². The maximum atomic E-state index is 4.26. The highest BCUT2D eigenvalue weighted by molar-refractivity contribution is 5.85. The van der Waals surface area contributed by atoms with Crippen LogP contribution < -0.4 is 0 Å². The van der Waals surface area contributed by atoms with E-state index in [2.05, 4.69) is 35.3 Å². The summed E-state index contributed by atoms with van der Waals surface area (Å²) in [5, 5.41) is 8.67. The molecule has 66 valence electrons. The number of fused-ring (bicyclic) bond motifs is 1. The van der Waals surface area contributed by atoms with Crippen molar-refractivity contribution in [1.82, 2.24) is 10.2 Å². The van der Waals surface area contributed by atoms with Gasteiger partial charge in [-0.25, -0.2) is 0 Å². The van der Waals surface area contributed by atoms with Gasteiger partial charge in [0.2, 0.25) is 0 Å². The van der Waals surface area contributed by atoms with Gasteiger partial charge in [-0.3, -0.25) is 5.10 Å². The highest BCUT2D eigenvalue weighted by atomic mass is 15.1. The van der Waals surface area contributed by atoms with Gasteiger partial charge in [0.25, 0.3) is 0 Å². The lowest BCUT2D eigenvalue weighted by Gasteiger charge is -1.99. The van der Waals surface area contributed by atoms with Crippen LogP contribution >= 0.6 is 0 Å². The first-order chi connectivity index (χ1) is 6.36. The molecule has 3 rings (SSSR count). The van der Waals surface area contributed by atoms with Gasteiger partial charge in [-0.1, -0.05) is 12.1 Å². The monoisotopic (exact) mass is 172 g/mol. The molecule has 2 heteroatoms. The smallest absolute Gasteiger partial charge is 0.0926 e. The van der Waals surface area contributed by atoms with Crippen LogP contribution in [0.15, 0.2) is 18.2 Å². The van der Waals surface area contributed by atoms with Crippen LogP contribution in [0.25, 0.3) is 10.9 Å². The number of aromatic nitrogens is 2. The Morgan fingerprint density at radius 2 is 2.23 bits per heavy atom. The molecular formula is C11H12N2. The zero-order valence-electron chi connectivity index (χ0n) is 7.67. The summed E-state index contributed by atoms with van der Waals surface area (Å²) in [6.45, 7) is 2.10. The summed E-state index contributed by atoms with van der Waals surface area (Å²) in [6, 6.07) is 6.42. The van der Waals surface area contributed by atoms with Gasteiger partial charge in [0, 0.05) is 11.1 Å². The fourth-order valence-electron chi connectivity index (χ4n) is 1.99. The van der Waals surface area contributed by atoms with Crippen LogP contribution in [0.3, 0.4) is 0 Å². The highest BCUT2D eigenvalue weighted by Crippen LogP contribution is 2.43. The van der Waals surface area contributed by atoms with Crippen molar-refractivity contribution in [3.8, 4) is 0 Å². The van der Waals surface area contributed by atoms with E-state index in [4.69, 9.17) is 0 Å². The van der Waals surface area contributed by atoms with Crippen molar-refractivity contribution >= 4 is 10.9 Å². The summed E-state index contributed by atoms with van der Waals surface area (Å²) in [5.41, 5.74) is 3.81. The molecule has 1 aromatic carbocycles. The number of nitrogens with zero attached hydrogens (tertiary/aromatic N) is 1. The third kappa shape index (κ3) is 0.981. The molecule has 0 amide bonds. The van der Waals surface area contributed by atoms with Crippen molar-refractivity contribution in [2.45, 2.75) is 25.7 Å². The Morgan fingerprint density at radius 1 is 1.38 bits per heavy atom. The van der Waals surface area contributed by atoms with Crippen LogP contribution in [-0.2, 0) is 0 Å². The maximum Gasteiger partial charge on any atom is 0.0926 e. The quantitative estimate of drug-likeness (QED) is 0.704. The summed E-state index contributed by atoms with van der Waals surface area (Å²) in [6.07, 6.45) is 2.70. The number of H-pyrrole nitrogens is 1. The largest absolute Gasteiger partial charge is 0.282 e. The minimum atomic E-state index is 0.806. The van der Waals surface area contributed by atoms with Gasteiger partial charge in [-0.05, 0) is 37.3 Å². The minimum Gasteiger partial charge on any atom is -0.282 e. The van der Waals surface area contributed by atoms with E-state index in [0.29, 0.717) is 0 Å². The molecule has 0 aliphatic heterocycles. The van der Waals surface area contributed by atoms with Gasteiger partial charge >= 0.3 is 0 Å². The molecule has 1 fully saturated rings. The van der Waals surface area contributed by atoms with Gasteiger partial charge in [-0.2, -0.15) is 5.10 Å². The van der Waals surface area contributed by atoms with Crippen LogP contribution in [0.4, 0.5) is 0 Å². The van der Waals surface area contributed by atoms with Crippen LogP contribution in [-0.4, -0.2) is 10.2 Å². The van der Waals surface area contributed by atoms with Crippen LogP contribution in [0, 0.1) is 6.92 Å². The standard InChI is InChI=1S/C11H12N2/c1-7-11-9(8-5-6-8)3-2-4-10(11)13-12-7/h2-4,8H,5-6H2,1H3,(H,12,13). The first-order valence-electron chi connectivity index (χ1n) is 4.80. The molecule has 1 aromatic heterocycles. The number of nitrogens with one attached hydrogen (secondary N) is 1. The van der Waals surface area contributed by atoms with Gasteiger partial charge < -0.3 is 0 Å². The van der Waals surface area contributed by atoms with Crippen LogP contribution in [0.1, 0.15) is 30.0 Å². The lowest BCUT2D eigenvalue weighted by atomic mass is 10.0. The zero-order valence-corrected chi connectivity index (χ0v) is 7.67. The zero-order chi connectivity index (χ0) is 8.84. The van der Waals surface area contributed by atoms with Crippen molar-refractivity contribution in [3.63, 3.8) is 0 Å². The normalized spacial score (nSPS) is 16.7. The number of benzene rings is 1. The molecule has 1 heterocycles. The minimum absolute atomic E-state index is 0.806. The molecule has 2 aromatic rings. The van der Waals surface area contributed by atoms with E-state index in [9.17, 15) is 0 Å². The molecule has 0 atom stereocenters. The fourth-order valence-corrected chi connectivity index (χ4v) is 1.99. The van der Waals surface area contributed by atoms with E-state index < -0.39 is 0 Å². The Hall–Kier alpha value is -1.31. The molecule has 1 saturated carbocycles. The average Bonchev–Trinajstić information content (AvgIpc) is 2.92. The molecule has 1 aliphatic rings. The molecule has 1 N–H and O–H groups in total.